The average molecular weight is 509 g/mol. The van der Waals surface area contributed by atoms with E-state index in [1.54, 1.807) is 54.7 Å². The Bertz CT molecular complexity index is 1180. The van der Waals surface area contributed by atoms with Crippen LogP contribution in [0.15, 0.2) is 60.0 Å². The molecule has 0 saturated heterocycles. The van der Waals surface area contributed by atoms with E-state index in [0.717, 1.165) is 18.4 Å². The fourth-order valence-corrected chi connectivity index (χ4v) is 5.40. The Balaban J connectivity index is 1.52. The van der Waals surface area contributed by atoms with Crippen LogP contribution < -0.4 is 14.2 Å². The van der Waals surface area contributed by atoms with Gasteiger partial charge in [-0.25, -0.2) is 0 Å². The normalized spacial score (nSPS) is 14.6. The quantitative estimate of drug-likeness (QED) is 0.393. The third-order valence-corrected chi connectivity index (χ3v) is 7.32. The molecular weight excluding hydrogens is 476 g/mol. The molecule has 7 nitrogen and oxygen atoms in total. The molecule has 8 heteroatoms. The topological polar surface area (TPSA) is 68.3 Å². The van der Waals surface area contributed by atoms with E-state index in [4.69, 9.17) is 14.2 Å². The number of hydrogen-bond donors (Lipinski definition) is 0. The van der Waals surface area contributed by atoms with Crippen molar-refractivity contribution >= 4 is 23.2 Å². The SMILES string of the molecule is CCCN(CC(=O)N1CCc2sccc2[C@H]1COc1ccccc1OC)C(=O)c1ccc(OC)cc1. The lowest BCUT2D eigenvalue weighted by Crippen LogP contribution is -2.48. The van der Waals surface area contributed by atoms with E-state index in [2.05, 4.69) is 11.4 Å². The van der Waals surface area contributed by atoms with Gasteiger partial charge in [-0.05, 0) is 66.2 Å². The van der Waals surface area contributed by atoms with Gasteiger partial charge in [0.2, 0.25) is 5.91 Å². The summed E-state index contributed by atoms with van der Waals surface area (Å²) in [5, 5.41) is 2.06. The second kappa shape index (κ2) is 11.9. The largest absolute Gasteiger partial charge is 0.497 e. The summed E-state index contributed by atoms with van der Waals surface area (Å²) in [7, 11) is 3.20. The molecule has 2 heterocycles. The Morgan fingerprint density at radius 2 is 1.78 bits per heavy atom. The minimum atomic E-state index is -0.239. The summed E-state index contributed by atoms with van der Waals surface area (Å²) in [6.07, 6.45) is 1.55. The highest BCUT2D eigenvalue weighted by atomic mass is 32.1. The van der Waals surface area contributed by atoms with Crippen LogP contribution in [-0.4, -0.2) is 62.1 Å². The number of carbonyl (C=O) groups excluding carboxylic acids is 2. The lowest BCUT2D eigenvalue weighted by molar-refractivity contribution is -0.135. The molecule has 2 aromatic carbocycles. The highest BCUT2D eigenvalue weighted by molar-refractivity contribution is 7.10. The van der Waals surface area contributed by atoms with Crippen molar-refractivity contribution in [2.75, 3.05) is 40.5 Å². The van der Waals surface area contributed by atoms with Gasteiger partial charge in [0, 0.05) is 23.5 Å². The third kappa shape index (κ3) is 5.65. The first-order valence-corrected chi connectivity index (χ1v) is 13.0. The van der Waals surface area contributed by atoms with Crippen LogP contribution in [0.2, 0.25) is 0 Å². The summed E-state index contributed by atoms with van der Waals surface area (Å²) in [6.45, 7) is 3.40. The first-order valence-electron chi connectivity index (χ1n) is 12.1. The lowest BCUT2D eigenvalue weighted by Gasteiger charge is -2.37. The van der Waals surface area contributed by atoms with Gasteiger partial charge in [0.05, 0.1) is 20.3 Å². The average Bonchev–Trinajstić information content (AvgIpc) is 3.40. The Kier molecular flexibility index (Phi) is 8.48. The number of rotatable bonds is 10. The Morgan fingerprint density at radius 3 is 2.47 bits per heavy atom. The predicted molar refractivity (Wildman–Crippen MR) is 140 cm³/mol. The van der Waals surface area contributed by atoms with Crippen LogP contribution in [0.4, 0.5) is 0 Å². The first-order chi connectivity index (χ1) is 17.5. The molecule has 36 heavy (non-hydrogen) atoms. The molecule has 0 N–H and O–H groups in total. The van der Waals surface area contributed by atoms with E-state index >= 15 is 0 Å². The van der Waals surface area contributed by atoms with Crippen molar-refractivity contribution in [3.8, 4) is 17.2 Å². The number of benzene rings is 2. The number of carbonyl (C=O) groups is 2. The van der Waals surface area contributed by atoms with Gasteiger partial charge in [0.15, 0.2) is 11.5 Å². The third-order valence-electron chi connectivity index (χ3n) is 6.32. The molecule has 4 rings (SSSR count). The molecule has 190 valence electrons. The zero-order valence-corrected chi connectivity index (χ0v) is 21.8. The van der Waals surface area contributed by atoms with Crippen LogP contribution in [0.5, 0.6) is 17.2 Å². The van der Waals surface area contributed by atoms with E-state index < -0.39 is 0 Å². The Hall–Kier alpha value is -3.52. The molecule has 0 spiro atoms. The second-order valence-electron chi connectivity index (χ2n) is 8.57. The summed E-state index contributed by atoms with van der Waals surface area (Å²) in [4.78, 5) is 31.6. The number of nitrogens with zero attached hydrogens (tertiary/aromatic N) is 2. The maximum Gasteiger partial charge on any atom is 0.254 e. The molecule has 1 atom stereocenters. The van der Waals surface area contributed by atoms with Crippen LogP contribution in [0.3, 0.4) is 0 Å². The van der Waals surface area contributed by atoms with E-state index in [0.29, 0.717) is 42.5 Å². The number of methoxy groups -OCH3 is 2. The zero-order chi connectivity index (χ0) is 25.5. The highest BCUT2D eigenvalue weighted by Crippen LogP contribution is 2.35. The number of para-hydroxylation sites is 2. The minimum absolute atomic E-state index is 0.0172. The van der Waals surface area contributed by atoms with Crippen molar-refractivity contribution < 1.29 is 23.8 Å². The maximum atomic E-state index is 13.6. The van der Waals surface area contributed by atoms with Gasteiger partial charge < -0.3 is 24.0 Å². The van der Waals surface area contributed by atoms with Crippen molar-refractivity contribution in [2.24, 2.45) is 0 Å². The summed E-state index contributed by atoms with van der Waals surface area (Å²) >= 11 is 1.71. The molecule has 1 aromatic heterocycles. The maximum absolute atomic E-state index is 13.6. The van der Waals surface area contributed by atoms with Crippen LogP contribution in [0.25, 0.3) is 0 Å². The summed E-state index contributed by atoms with van der Waals surface area (Å²) in [5.41, 5.74) is 1.64. The minimum Gasteiger partial charge on any atom is -0.497 e. The van der Waals surface area contributed by atoms with Gasteiger partial charge in [-0.2, -0.15) is 0 Å². The van der Waals surface area contributed by atoms with Crippen molar-refractivity contribution in [1.29, 1.82) is 0 Å². The molecule has 0 bridgehead atoms. The van der Waals surface area contributed by atoms with Gasteiger partial charge >= 0.3 is 0 Å². The van der Waals surface area contributed by atoms with E-state index in [-0.39, 0.29) is 24.4 Å². The molecule has 1 aliphatic heterocycles. The number of hydrogen-bond acceptors (Lipinski definition) is 6. The number of ether oxygens (including phenoxy) is 3. The predicted octanol–water partition coefficient (Wildman–Crippen LogP) is 4.82. The number of thiophene rings is 1. The van der Waals surface area contributed by atoms with Crippen molar-refractivity contribution in [2.45, 2.75) is 25.8 Å². The molecule has 0 unspecified atom stereocenters. The second-order valence-corrected chi connectivity index (χ2v) is 9.57. The van der Waals surface area contributed by atoms with Gasteiger partial charge in [0.25, 0.3) is 5.91 Å². The molecule has 0 aliphatic carbocycles. The first kappa shape index (κ1) is 25.6. The van der Waals surface area contributed by atoms with Crippen molar-refractivity contribution in [3.63, 3.8) is 0 Å². The fraction of sp³-hybridized carbons (Fsp3) is 0.357. The number of amides is 2. The van der Waals surface area contributed by atoms with E-state index in [1.807, 2.05) is 36.1 Å². The molecular formula is C28H32N2O5S. The van der Waals surface area contributed by atoms with Crippen LogP contribution in [0.1, 0.15) is 40.2 Å². The Morgan fingerprint density at radius 1 is 1.03 bits per heavy atom. The molecule has 0 radical (unpaired) electrons. The number of fused-ring (bicyclic) bond motifs is 1. The van der Waals surface area contributed by atoms with Crippen LogP contribution in [0, 0.1) is 0 Å². The van der Waals surface area contributed by atoms with Gasteiger partial charge in [-0.3, -0.25) is 9.59 Å². The van der Waals surface area contributed by atoms with Crippen molar-refractivity contribution in [3.05, 3.63) is 76.0 Å². The fourth-order valence-electron chi connectivity index (χ4n) is 4.47. The molecule has 1 aliphatic rings. The van der Waals surface area contributed by atoms with Crippen LogP contribution in [-0.2, 0) is 11.2 Å². The Labute approximate surface area is 216 Å². The zero-order valence-electron chi connectivity index (χ0n) is 20.9. The molecule has 0 fully saturated rings. The van der Waals surface area contributed by atoms with Crippen LogP contribution >= 0.6 is 11.3 Å². The summed E-state index contributed by atoms with van der Waals surface area (Å²) in [6, 6.07) is 16.3. The van der Waals surface area contributed by atoms with E-state index in [9.17, 15) is 9.59 Å². The highest BCUT2D eigenvalue weighted by Gasteiger charge is 2.33. The smallest absolute Gasteiger partial charge is 0.254 e. The molecule has 3 aromatic rings. The van der Waals surface area contributed by atoms with Crippen molar-refractivity contribution in [1.82, 2.24) is 9.80 Å². The van der Waals surface area contributed by atoms with E-state index in [1.165, 1.54) is 4.88 Å². The lowest BCUT2D eigenvalue weighted by atomic mass is 10.0. The standard InChI is InChI=1S/C28H32N2O5S/c1-4-15-29(28(32)20-9-11-21(33-2)12-10-20)18-27(31)30-16-13-26-22(14-17-36-26)23(30)19-35-25-8-6-5-7-24(25)34-3/h5-12,14,17,23H,4,13,15-16,18-19H2,1-3H3/t23-/m1/s1. The molecule has 2 amide bonds. The van der Waals surface area contributed by atoms with Gasteiger partial charge in [-0.15, -0.1) is 11.3 Å². The monoisotopic (exact) mass is 508 g/mol. The van der Waals surface area contributed by atoms with Gasteiger partial charge in [0.1, 0.15) is 18.9 Å². The summed E-state index contributed by atoms with van der Waals surface area (Å²) < 4.78 is 16.8. The molecule has 0 saturated carbocycles. The van der Waals surface area contributed by atoms with Gasteiger partial charge in [-0.1, -0.05) is 19.1 Å². The summed E-state index contributed by atoms with van der Waals surface area (Å²) in [5.74, 6) is 1.72.